The summed E-state index contributed by atoms with van der Waals surface area (Å²) < 4.78 is 46.7. The largest absolute Gasteiger partial charge is 0.467 e. The fraction of sp³-hybridized carbons (Fsp3) is 0.812. The van der Waals surface area contributed by atoms with Gasteiger partial charge in [-0.1, -0.05) is 13.8 Å². The van der Waals surface area contributed by atoms with Crippen LogP contribution in [-0.4, -0.2) is 54.0 Å². The molecule has 0 saturated heterocycles. The molecule has 0 heterocycles. The van der Waals surface area contributed by atoms with Crippen molar-refractivity contribution in [1.29, 1.82) is 0 Å². The summed E-state index contributed by atoms with van der Waals surface area (Å²) in [5, 5.41) is 4.59. The summed E-state index contributed by atoms with van der Waals surface area (Å²) in [4.78, 5) is 36.1. The lowest BCUT2D eigenvalue weighted by Gasteiger charge is -2.25. The van der Waals surface area contributed by atoms with E-state index in [2.05, 4.69) is 15.4 Å². The van der Waals surface area contributed by atoms with Crippen LogP contribution in [0.15, 0.2) is 0 Å². The lowest BCUT2D eigenvalue weighted by atomic mass is 10.0. The van der Waals surface area contributed by atoms with Crippen molar-refractivity contribution in [2.75, 3.05) is 12.9 Å². The Bertz CT molecular complexity index is 521. The zero-order chi connectivity index (χ0) is 21.4. The van der Waals surface area contributed by atoms with Gasteiger partial charge in [-0.3, -0.25) is 4.79 Å². The molecule has 0 aliphatic rings. The van der Waals surface area contributed by atoms with E-state index in [9.17, 15) is 27.6 Å². The van der Waals surface area contributed by atoms with Crippen LogP contribution in [0, 0.1) is 5.92 Å². The summed E-state index contributed by atoms with van der Waals surface area (Å²) in [6.07, 6.45) is -0.645. The molecule has 27 heavy (non-hydrogen) atoms. The van der Waals surface area contributed by atoms with E-state index in [-0.39, 0.29) is 12.3 Å². The van der Waals surface area contributed by atoms with Crippen LogP contribution < -0.4 is 10.6 Å². The zero-order valence-electron chi connectivity index (χ0n) is 16.2. The van der Waals surface area contributed by atoms with E-state index in [1.807, 2.05) is 0 Å². The fourth-order valence-corrected chi connectivity index (χ4v) is 2.49. The van der Waals surface area contributed by atoms with Gasteiger partial charge in [0.2, 0.25) is 5.91 Å². The van der Waals surface area contributed by atoms with Crippen molar-refractivity contribution in [3.05, 3.63) is 0 Å². The van der Waals surface area contributed by atoms with Gasteiger partial charge < -0.3 is 20.1 Å². The number of hydrogen-bond acceptors (Lipinski definition) is 6. The second-order valence-corrected chi connectivity index (χ2v) is 8.25. The van der Waals surface area contributed by atoms with Gasteiger partial charge in [0.15, 0.2) is 0 Å². The molecule has 0 aromatic rings. The number of alkyl halides is 3. The molecule has 0 radical (unpaired) electrons. The number of rotatable bonds is 8. The number of ether oxygens (including phenoxy) is 2. The summed E-state index contributed by atoms with van der Waals surface area (Å²) >= 11 is -0.453. The van der Waals surface area contributed by atoms with Crippen molar-refractivity contribution in [3.8, 4) is 0 Å². The predicted molar refractivity (Wildman–Crippen MR) is 95.1 cm³/mol. The highest BCUT2D eigenvalue weighted by Gasteiger charge is 2.34. The van der Waals surface area contributed by atoms with Crippen LogP contribution in [0.2, 0.25) is 0 Å². The Morgan fingerprint density at radius 1 is 1.04 bits per heavy atom. The molecule has 0 aromatic carbocycles. The van der Waals surface area contributed by atoms with Crippen molar-refractivity contribution < 1.29 is 37.0 Å². The van der Waals surface area contributed by atoms with Crippen molar-refractivity contribution in [3.63, 3.8) is 0 Å². The highest BCUT2D eigenvalue weighted by molar-refractivity contribution is 8.00. The van der Waals surface area contributed by atoms with Gasteiger partial charge in [-0.2, -0.15) is 13.2 Å². The molecule has 0 aliphatic heterocycles. The van der Waals surface area contributed by atoms with Gasteiger partial charge in [0, 0.05) is 5.75 Å². The number of carbonyl (C=O) groups is 3. The highest BCUT2D eigenvalue weighted by atomic mass is 32.2. The Morgan fingerprint density at radius 3 is 2.00 bits per heavy atom. The lowest BCUT2D eigenvalue weighted by molar-refractivity contribution is -0.144. The maximum Gasteiger partial charge on any atom is 0.441 e. The monoisotopic (exact) mass is 416 g/mol. The van der Waals surface area contributed by atoms with Crippen LogP contribution in [0.3, 0.4) is 0 Å². The van der Waals surface area contributed by atoms with Crippen molar-refractivity contribution in [1.82, 2.24) is 10.6 Å². The minimum absolute atomic E-state index is 0.0168. The minimum Gasteiger partial charge on any atom is -0.467 e. The number of carbonyl (C=O) groups excluding carboxylic acids is 3. The molecule has 0 aliphatic carbocycles. The summed E-state index contributed by atoms with van der Waals surface area (Å²) in [6.45, 7) is 8.53. The van der Waals surface area contributed by atoms with E-state index in [1.54, 1.807) is 34.6 Å². The van der Waals surface area contributed by atoms with E-state index in [0.717, 1.165) is 7.11 Å². The molecular formula is C16H27F3N2O5S. The summed E-state index contributed by atoms with van der Waals surface area (Å²) in [6, 6.07) is -2.59. The normalized spacial score (nSPS) is 14.3. The van der Waals surface area contributed by atoms with Gasteiger partial charge >= 0.3 is 17.6 Å². The van der Waals surface area contributed by atoms with E-state index in [0.29, 0.717) is 0 Å². The maximum atomic E-state index is 12.5. The van der Waals surface area contributed by atoms with Crippen LogP contribution in [0.5, 0.6) is 0 Å². The predicted octanol–water partition coefficient (Wildman–Crippen LogP) is 2.84. The molecule has 0 bridgehead atoms. The number of nitrogens with one attached hydrogen (secondary N) is 2. The van der Waals surface area contributed by atoms with Gasteiger partial charge in [-0.05, 0) is 44.9 Å². The molecule has 0 fully saturated rings. The van der Waals surface area contributed by atoms with Gasteiger partial charge in [0.05, 0.1) is 7.11 Å². The molecule has 0 saturated carbocycles. The molecule has 158 valence electrons. The number of amides is 2. The molecule has 0 unspecified atom stereocenters. The van der Waals surface area contributed by atoms with Crippen molar-refractivity contribution >= 4 is 29.7 Å². The average molecular weight is 416 g/mol. The highest BCUT2D eigenvalue weighted by Crippen LogP contribution is 2.30. The first-order chi connectivity index (χ1) is 12.1. The van der Waals surface area contributed by atoms with Crippen molar-refractivity contribution in [2.24, 2.45) is 5.92 Å². The van der Waals surface area contributed by atoms with Crippen LogP contribution in [0.25, 0.3) is 0 Å². The first kappa shape index (κ1) is 25.4. The number of halogens is 3. The number of esters is 1. The number of thioether (sulfide) groups is 1. The Morgan fingerprint density at radius 2 is 1.59 bits per heavy atom. The first-order valence-corrected chi connectivity index (χ1v) is 9.21. The Kier molecular flexibility index (Phi) is 9.97. The molecule has 2 amide bonds. The Labute approximate surface area is 161 Å². The number of hydrogen-bond donors (Lipinski definition) is 2. The smallest absolute Gasteiger partial charge is 0.441 e. The molecular weight excluding hydrogens is 389 g/mol. The van der Waals surface area contributed by atoms with Crippen LogP contribution in [0.1, 0.15) is 41.0 Å². The Balaban J connectivity index is 5.14. The lowest BCUT2D eigenvalue weighted by Crippen LogP contribution is -2.53. The number of alkyl carbamates (subject to hydrolysis) is 1. The van der Waals surface area contributed by atoms with Gasteiger partial charge in [-0.15, -0.1) is 0 Å². The molecule has 2 atom stereocenters. The third kappa shape index (κ3) is 12.4. The quantitative estimate of drug-likeness (QED) is 0.591. The zero-order valence-corrected chi connectivity index (χ0v) is 17.0. The molecule has 7 nitrogen and oxygen atoms in total. The molecule has 0 aromatic heterocycles. The van der Waals surface area contributed by atoms with Crippen LogP contribution in [-0.2, 0) is 19.1 Å². The molecule has 0 rings (SSSR count). The van der Waals surface area contributed by atoms with E-state index in [4.69, 9.17) is 4.74 Å². The second kappa shape index (κ2) is 10.6. The minimum atomic E-state index is -4.57. The third-order valence-electron chi connectivity index (χ3n) is 2.93. The van der Waals surface area contributed by atoms with Crippen LogP contribution in [0.4, 0.5) is 18.0 Å². The van der Waals surface area contributed by atoms with Crippen molar-refractivity contribution in [2.45, 2.75) is 64.2 Å². The van der Waals surface area contributed by atoms with Gasteiger partial charge in [0.1, 0.15) is 17.7 Å². The molecule has 11 heteroatoms. The Hall–Kier alpha value is -1.65. The SMILES string of the molecule is COC(=O)[C@H](CSC(F)(F)F)NC(=O)[C@H](CC(C)C)NC(=O)OC(C)(C)C. The van der Waals surface area contributed by atoms with E-state index >= 15 is 0 Å². The van der Waals surface area contributed by atoms with Crippen LogP contribution >= 0.6 is 11.8 Å². The third-order valence-corrected chi connectivity index (χ3v) is 3.76. The average Bonchev–Trinajstić information content (AvgIpc) is 2.46. The summed E-state index contributed by atoms with van der Waals surface area (Å²) in [5.74, 6) is -2.58. The fourth-order valence-electron chi connectivity index (χ4n) is 1.91. The number of methoxy groups -OCH3 is 1. The van der Waals surface area contributed by atoms with E-state index in [1.165, 1.54) is 0 Å². The van der Waals surface area contributed by atoms with Gasteiger partial charge in [-0.25, -0.2) is 9.59 Å². The molecule has 0 spiro atoms. The summed E-state index contributed by atoms with van der Waals surface area (Å²) in [5.41, 5.74) is -5.36. The summed E-state index contributed by atoms with van der Waals surface area (Å²) in [7, 11) is 1.00. The topological polar surface area (TPSA) is 93.7 Å². The standard InChI is InChI=1S/C16H27F3N2O5S/c1-9(2)7-10(21-14(24)26-15(3,4)5)12(22)20-11(13(23)25-6)8-27-16(17,18)19/h9-11H,7-8H2,1-6H3,(H,20,22)(H,21,24)/t10-,11-/m0/s1. The second-order valence-electron chi connectivity index (χ2n) is 7.17. The first-order valence-electron chi connectivity index (χ1n) is 8.23. The van der Waals surface area contributed by atoms with Gasteiger partial charge in [0.25, 0.3) is 0 Å². The molecule has 2 N–H and O–H groups in total. The van der Waals surface area contributed by atoms with E-state index < -0.39 is 58.7 Å². The maximum absolute atomic E-state index is 12.5.